The van der Waals surface area contributed by atoms with Gasteiger partial charge in [-0.1, -0.05) is 12.1 Å². The third-order valence-corrected chi connectivity index (χ3v) is 4.77. The molecule has 0 atom stereocenters. The largest absolute Gasteiger partial charge is 0.462 e. The van der Waals surface area contributed by atoms with Gasteiger partial charge in [-0.15, -0.1) is 11.3 Å². The molecule has 0 aliphatic rings. The minimum Gasteiger partial charge on any atom is -0.462 e. The lowest BCUT2D eigenvalue weighted by molar-refractivity contribution is -0.117. The SMILES string of the molecule is CCOC(=O)c1ccccc1NC(=O)CN(C)Cc1ccc(Br)s1. The average molecular weight is 411 g/mol. The van der Waals surface area contributed by atoms with E-state index in [0.29, 0.717) is 24.4 Å². The second kappa shape index (κ2) is 8.96. The second-order valence-electron chi connectivity index (χ2n) is 5.19. The number of amides is 1. The summed E-state index contributed by atoms with van der Waals surface area (Å²) in [7, 11) is 1.88. The maximum absolute atomic E-state index is 12.2. The minimum absolute atomic E-state index is 0.176. The van der Waals surface area contributed by atoms with Crippen molar-refractivity contribution in [3.63, 3.8) is 0 Å². The quantitative estimate of drug-likeness (QED) is 0.705. The molecule has 5 nitrogen and oxygen atoms in total. The normalized spacial score (nSPS) is 10.7. The number of hydrogen-bond acceptors (Lipinski definition) is 5. The zero-order valence-electron chi connectivity index (χ0n) is 13.5. The van der Waals surface area contributed by atoms with Crippen LogP contribution in [0.4, 0.5) is 5.69 Å². The Kier molecular flexibility index (Phi) is 6.96. The lowest BCUT2D eigenvalue weighted by Crippen LogP contribution is -2.30. The van der Waals surface area contributed by atoms with E-state index in [1.807, 2.05) is 24.1 Å². The van der Waals surface area contributed by atoms with Crippen molar-refractivity contribution in [2.45, 2.75) is 13.5 Å². The summed E-state index contributed by atoms with van der Waals surface area (Å²) >= 11 is 5.07. The van der Waals surface area contributed by atoms with Crippen molar-refractivity contribution >= 4 is 44.8 Å². The van der Waals surface area contributed by atoms with Gasteiger partial charge in [0.25, 0.3) is 0 Å². The maximum atomic E-state index is 12.2. The van der Waals surface area contributed by atoms with Gasteiger partial charge in [-0.25, -0.2) is 4.79 Å². The molecule has 0 saturated heterocycles. The summed E-state index contributed by atoms with van der Waals surface area (Å²) in [4.78, 5) is 27.3. The van der Waals surface area contributed by atoms with Crippen LogP contribution in [0.2, 0.25) is 0 Å². The van der Waals surface area contributed by atoms with Crippen molar-refractivity contribution in [2.75, 3.05) is 25.5 Å². The van der Waals surface area contributed by atoms with Crippen LogP contribution in [-0.4, -0.2) is 37.0 Å². The molecule has 0 unspecified atom stereocenters. The molecule has 1 aromatic heterocycles. The first-order chi connectivity index (χ1) is 11.5. The number of nitrogens with one attached hydrogen (secondary N) is 1. The molecule has 0 aliphatic heterocycles. The Hall–Kier alpha value is -1.70. The molecule has 24 heavy (non-hydrogen) atoms. The molecule has 1 N–H and O–H groups in total. The average Bonchev–Trinajstić information content (AvgIpc) is 2.92. The fourth-order valence-electron chi connectivity index (χ4n) is 2.17. The molecule has 0 aliphatic carbocycles. The first kappa shape index (κ1) is 18.6. The summed E-state index contributed by atoms with van der Waals surface area (Å²) < 4.78 is 6.08. The summed E-state index contributed by atoms with van der Waals surface area (Å²) in [6, 6.07) is 10.9. The van der Waals surface area contributed by atoms with Crippen LogP contribution in [0.3, 0.4) is 0 Å². The van der Waals surface area contributed by atoms with Gasteiger partial charge in [-0.3, -0.25) is 9.69 Å². The van der Waals surface area contributed by atoms with Gasteiger partial charge >= 0.3 is 5.97 Å². The van der Waals surface area contributed by atoms with Crippen molar-refractivity contribution in [3.05, 3.63) is 50.6 Å². The maximum Gasteiger partial charge on any atom is 0.340 e. The molecule has 0 bridgehead atoms. The number of para-hydroxylation sites is 1. The van der Waals surface area contributed by atoms with E-state index >= 15 is 0 Å². The van der Waals surface area contributed by atoms with Gasteiger partial charge in [0.05, 0.1) is 28.2 Å². The number of halogens is 1. The first-order valence-corrected chi connectivity index (χ1v) is 9.09. The van der Waals surface area contributed by atoms with E-state index in [-0.39, 0.29) is 12.5 Å². The highest BCUT2D eigenvalue weighted by atomic mass is 79.9. The molecule has 128 valence electrons. The number of thiophene rings is 1. The van der Waals surface area contributed by atoms with Crippen LogP contribution < -0.4 is 5.32 Å². The van der Waals surface area contributed by atoms with Crippen LogP contribution in [0, 0.1) is 0 Å². The second-order valence-corrected chi connectivity index (χ2v) is 7.74. The van der Waals surface area contributed by atoms with Gasteiger partial charge in [0.2, 0.25) is 5.91 Å². The smallest absolute Gasteiger partial charge is 0.340 e. The van der Waals surface area contributed by atoms with Crippen molar-refractivity contribution < 1.29 is 14.3 Å². The Balaban J connectivity index is 1.95. The third-order valence-electron chi connectivity index (χ3n) is 3.16. The van der Waals surface area contributed by atoms with E-state index in [2.05, 4.69) is 21.2 Å². The number of carbonyl (C=O) groups excluding carboxylic acids is 2. The lowest BCUT2D eigenvalue weighted by atomic mass is 10.2. The predicted molar refractivity (Wildman–Crippen MR) is 99.4 cm³/mol. The van der Waals surface area contributed by atoms with Crippen LogP contribution in [0.25, 0.3) is 0 Å². The molecule has 2 rings (SSSR count). The predicted octanol–water partition coefficient (Wildman–Crippen LogP) is 3.76. The number of ether oxygens (including phenoxy) is 1. The number of esters is 1. The molecule has 1 aromatic carbocycles. The van der Waals surface area contributed by atoms with E-state index in [4.69, 9.17) is 4.74 Å². The number of benzene rings is 1. The van der Waals surface area contributed by atoms with Crippen LogP contribution in [0.15, 0.2) is 40.2 Å². The monoisotopic (exact) mass is 410 g/mol. The molecule has 7 heteroatoms. The fraction of sp³-hybridized carbons (Fsp3) is 0.294. The molecular weight excluding hydrogens is 392 g/mol. The van der Waals surface area contributed by atoms with E-state index in [0.717, 1.165) is 3.79 Å². The summed E-state index contributed by atoms with van der Waals surface area (Å²) in [6.07, 6.45) is 0. The summed E-state index contributed by atoms with van der Waals surface area (Å²) in [5, 5.41) is 2.78. The number of hydrogen-bond donors (Lipinski definition) is 1. The van der Waals surface area contributed by atoms with Gasteiger partial charge in [0.1, 0.15) is 0 Å². The van der Waals surface area contributed by atoms with Gasteiger partial charge in [-0.2, -0.15) is 0 Å². The highest BCUT2D eigenvalue weighted by molar-refractivity contribution is 9.11. The van der Waals surface area contributed by atoms with Crippen molar-refractivity contribution in [2.24, 2.45) is 0 Å². The highest BCUT2D eigenvalue weighted by Crippen LogP contribution is 2.23. The summed E-state index contributed by atoms with van der Waals surface area (Å²) in [6.45, 7) is 2.95. The number of likely N-dealkylation sites (N-methyl/N-ethyl adjacent to an activating group) is 1. The minimum atomic E-state index is -0.440. The van der Waals surface area contributed by atoms with Gasteiger partial charge in [0, 0.05) is 11.4 Å². The highest BCUT2D eigenvalue weighted by Gasteiger charge is 2.15. The van der Waals surface area contributed by atoms with Crippen LogP contribution in [-0.2, 0) is 16.1 Å². The Morgan fingerprint density at radius 2 is 2.00 bits per heavy atom. The van der Waals surface area contributed by atoms with Gasteiger partial charge in [0.15, 0.2) is 0 Å². The number of anilines is 1. The van der Waals surface area contributed by atoms with Crippen molar-refractivity contribution in [1.29, 1.82) is 0 Å². The molecule has 0 radical (unpaired) electrons. The first-order valence-electron chi connectivity index (χ1n) is 7.48. The van der Waals surface area contributed by atoms with Crippen LogP contribution in [0.1, 0.15) is 22.2 Å². The Bertz CT molecular complexity index is 717. The lowest BCUT2D eigenvalue weighted by Gasteiger charge is -2.16. The van der Waals surface area contributed by atoms with Crippen LogP contribution in [0.5, 0.6) is 0 Å². The van der Waals surface area contributed by atoms with E-state index < -0.39 is 5.97 Å². The Labute approximate surface area is 153 Å². The summed E-state index contributed by atoms with van der Waals surface area (Å²) in [5.74, 6) is -0.616. The molecule has 1 amide bonds. The van der Waals surface area contributed by atoms with Crippen molar-refractivity contribution in [3.8, 4) is 0 Å². The van der Waals surface area contributed by atoms with E-state index in [1.165, 1.54) is 4.88 Å². The zero-order valence-corrected chi connectivity index (χ0v) is 15.9. The molecule has 1 heterocycles. The Morgan fingerprint density at radius 1 is 1.25 bits per heavy atom. The zero-order chi connectivity index (χ0) is 17.5. The van der Waals surface area contributed by atoms with E-state index in [1.54, 1.807) is 42.5 Å². The number of carbonyl (C=O) groups is 2. The topological polar surface area (TPSA) is 58.6 Å². The van der Waals surface area contributed by atoms with Gasteiger partial charge in [-0.05, 0) is 54.2 Å². The molecule has 0 saturated carbocycles. The molecular formula is C17H19BrN2O3S. The molecule has 0 spiro atoms. The third kappa shape index (κ3) is 5.43. The molecule has 2 aromatic rings. The van der Waals surface area contributed by atoms with Crippen molar-refractivity contribution in [1.82, 2.24) is 4.90 Å². The van der Waals surface area contributed by atoms with Crippen LogP contribution >= 0.6 is 27.3 Å². The fourth-order valence-corrected chi connectivity index (χ4v) is 3.74. The van der Waals surface area contributed by atoms with E-state index in [9.17, 15) is 9.59 Å². The standard InChI is InChI=1S/C17H19BrN2O3S/c1-3-23-17(22)13-6-4-5-7-14(13)19-16(21)11-20(2)10-12-8-9-15(18)24-12/h4-9H,3,10-11H2,1-2H3,(H,19,21). The Morgan fingerprint density at radius 3 is 2.67 bits per heavy atom. The van der Waals surface area contributed by atoms with Gasteiger partial charge < -0.3 is 10.1 Å². The molecule has 0 fully saturated rings. The number of nitrogens with zero attached hydrogens (tertiary/aromatic N) is 1. The summed E-state index contributed by atoms with van der Waals surface area (Å²) in [5.41, 5.74) is 0.825. The number of rotatable bonds is 7.